The lowest BCUT2D eigenvalue weighted by molar-refractivity contribution is -0.136. The van der Waals surface area contributed by atoms with Crippen LogP contribution in [0.3, 0.4) is 0 Å². The number of aromatic nitrogens is 1. The molecule has 0 aliphatic carbocycles. The van der Waals surface area contributed by atoms with E-state index in [0.717, 1.165) is 0 Å². The van der Waals surface area contributed by atoms with E-state index < -0.39 is 5.97 Å². The van der Waals surface area contributed by atoms with Gasteiger partial charge in [-0.1, -0.05) is 12.1 Å². The minimum absolute atomic E-state index is 0.0158. The number of thiazole rings is 1. The molecule has 0 radical (unpaired) electrons. The molecule has 1 aliphatic rings. The lowest BCUT2D eigenvalue weighted by Crippen LogP contribution is -2.51. The van der Waals surface area contributed by atoms with Crippen molar-refractivity contribution in [1.29, 1.82) is 0 Å². The number of carbonyl (C=O) groups excluding carboxylic acids is 3. The van der Waals surface area contributed by atoms with E-state index in [4.69, 9.17) is 4.74 Å². The Bertz CT molecular complexity index is 842. The maximum absolute atomic E-state index is 12.3. The summed E-state index contributed by atoms with van der Waals surface area (Å²) in [7, 11) is 0. The quantitative estimate of drug-likeness (QED) is 0.544. The molecular weight excluding hydrogens is 400 g/mol. The molecule has 0 aromatic carbocycles. The van der Waals surface area contributed by atoms with Crippen molar-refractivity contribution in [3.8, 4) is 0 Å². The largest absolute Gasteiger partial charge is 0.451 e. The molecule has 0 unspecified atom stereocenters. The van der Waals surface area contributed by atoms with Gasteiger partial charge in [0.25, 0.3) is 11.8 Å². The summed E-state index contributed by atoms with van der Waals surface area (Å²) in [6.07, 6.45) is 1.69. The minimum Gasteiger partial charge on any atom is -0.451 e. The summed E-state index contributed by atoms with van der Waals surface area (Å²) in [6.45, 7) is 5.55. The lowest BCUT2D eigenvalue weighted by atomic mass is 10.3. The van der Waals surface area contributed by atoms with Crippen LogP contribution < -0.4 is 5.32 Å². The van der Waals surface area contributed by atoms with Gasteiger partial charge >= 0.3 is 5.97 Å². The van der Waals surface area contributed by atoms with Crippen LogP contribution in [0.1, 0.15) is 20.2 Å². The highest BCUT2D eigenvalue weighted by Gasteiger charge is 2.26. The van der Waals surface area contributed by atoms with Crippen molar-refractivity contribution in [2.24, 2.45) is 0 Å². The number of anilines is 1. The van der Waals surface area contributed by atoms with Gasteiger partial charge in [-0.15, -0.1) is 29.3 Å². The van der Waals surface area contributed by atoms with Gasteiger partial charge in [0, 0.05) is 38.1 Å². The second-order valence-electron chi connectivity index (χ2n) is 5.93. The number of thiophene rings is 1. The van der Waals surface area contributed by atoms with Gasteiger partial charge in [-0.3, -0.25) is 9.59 Å². The van der Waals surface area contributed by atoms with Crippen molar-refractivity contribution in [1.82, 2.24) is 14.8 Å². The fraction of sp³-hybridized carbons (Fsp3) is 0.333. The van der Waals surface area contributed by atoms with Gasteiger partial charge in [0.2, 0.25) is 0 Å². The number of piperazine rings is 1. The van der Waals surface area contributed by atoms with Crippen LogP contribution in [0.25, 0.3) is 0 Å². The van der Waals surface area contributed by atoms with Crippen LogP contribution in [0.5, 0.6) is 0 Å². The number of hydrogen-bond donors (Lipinski definition) is 1. The van der Waals surface area contributed by atoms with Crippen LogP contribution >= 0.6 is 22.7 Å². The number of carbonyl (C=O) groups is 3. The SMILES string of the molecule is C=CCNc1nc(C(=O)OCC(=O)N2CCN(C(=O)c3cccs3)CC2)cs1. The third kappa shape index (κ3) is 4.96. The first-order valence-corrected chi connectivity index (χ1v) is 10.4. The van der Waals surface area contributed by atoms with E-state index >= 15 is 0 Å². The lowest BCUT2D eigenvalue weighted by Gasteiger charge is -2.34. The minimum atomic E-state index is -0.636. The smallest absolute Gasteiger partial charge is 0.358 e. The van der Waals surface area contributed by atoms with Crippen LogP contribution in [0.2, 0.25) is 0 Å². The molecule has 1 fully saturated rings. The Morgan fingerprint density at radius 1 is 1.21 bits per heavy atom. The maximum Gasteiger partial charge on any atom is 0.358 e. The third-order valence-corrected chi connectivity index (χ3v) is 5.75. The Morgan fingerprint density at radius 3 is 2.64 bits per heavy atom. The van der Waals surface area contributed by atoms with Gasteiger partial charge in [0.15, 0.2) is 17.4 Å². The number of rotatable bonds is 7. The molecule has 2 amide bonds. The van der Waals surface area contributed by atoms with E-state index in [-0.39, 0.29) is 24.1 Å². The summed E-state index contributed by atoms with van der Waals surface area (Å²) in [5, 5.41) is 7.01. The molecule has 148 valence electrons. The standard InChI is InChI=1S/C18H20N4O4S2/c1-2-5-19-18-20-13(12-28-18)17(25)26-11-15(23)21-6-8-22(9-7-21)16(24)14-4-3-10-27-14/h2-4,10,12H,1,5-9,11H2,(H,19,20). The molecule has 8 nitrogen and oxygen atoms in total. The predicted octanol–water partition coefficient (Wildman–Crippen LogP) is 1.94. The molecule has 10 heteroatoms. The van der Waals surface area contributed by atoms with Crippen LogP contribution in [-0.2, 0) is 9.53 Å². The molecule has 28 heavy (non-hydrogen) atoms. The molecular formula is C18H20N4O4S2. The summed E-state index contributed by atoms with van der Waals surface area (Å²) in [4.78, 5) is 44.8. The maximum atomic E-state index is 12.3. The van der Waals surface area contributed by atoms with E-state index in [1.54, 1.807) is 27.3 Å². The average molecular weight is 421 g/mol. The normalized spacial score (nSPS) is 13.9. The number of nitrogens with zero attached hydrogens (tertiary/aromatic N) is 3. The van der Waals surface area contributed by atoms with E-state index in [9.17, 15) is 14.4 Å². The van der Waals surface area contributed by atoms with Crippen molar-refractivity contribution < 1.29 is 19.1 Å². The number of amides is 2. The van der Waals surface area contributed by atoms with E-state index in [1.807, 2.05) is 11.4 Å². The summed E-state index contributed by atoms with van der Waals surface area (Å²) < 4.78 is 5.08. The van der Waals surface area contributed by atoms with Crippen LogP contribution in [0.4, 0.5) is 5.13 Å². The number of hydrogen-bond acceptors (Lipinski definition) is 8. The van der Waals surface area contributed by atoms with E-state index in [0.29, 0.717) is 42.7 Å². The molecule has 0 bridgehead atoms. The van der Waals surface area contributed by atoms with Crippen molar-refractivity contribution in [3.63, 3.8) is 0 Å². The third-order valence-electron chi connectivity index (χ3n) is 4.09. The molecule has 0 spiro atoms. The van der Waals surface area contributed by atoms with Gasteiger partial charge in [0.1, 0.15) is 0 Å². The molecule has 2 aromatic rings. The first-order valence-electron chi connectivity index (χ1n) is 8.66. The zero-order valence-electron chi connectivity index (χ0n) is 15.1. The Labute approximate surface area is 170 Å². The fourth-order valence-corrected chi connectivity index (χ4v) is 4.00. The van der Waals surface area contributed by atoms with Crippen LogP contribution in [0, 0.1) is 0 Å². The number of ether oxygens (including phenoxy) is 1. The number of nitrogens with one attached hydrogen (secondary N) is 1. The Morgan fingerprint density at radius 2 is 1.96 bits per heavy atom. The van der Waals surface area contributed by atoms with Gasteiger partial charge in [-0.25, -0.2) is 9.78 Å². The van der Waals surface area contributed by atoms with Crippen molar-refractivity contribution in [2.75, 3.05) is 44.6 Å². The average Bonchev–Trinajstić information content (AvgIpc) is 3.42. The first-order chi connectivity index (χ1) is 13.6. The molecule has 2 aromatic heterocycles. The zero-order chi connectivity index (χ0) is 19.9. The summed E-state index contributed by atoms with van der Waals surface area (Å²) in [5.74, 6) is -0.933. The van der Waals surface area contributed by atoms with Gasteiger partial charge in [-0.2, -0.15) is 0 Å². The van der Waals surface area contributed by atoms with Gasteiger partial charge in [-0.05, 0) is 11.4 Å². The summed E-state index contributed by atoms with van der Waals surface area (Å²) in [6, 6.07) is 3.63. The van der Waals surface area contributed by atoms with E-state index in [1.165, 1.54) is 22.7 Å². The highest BCUT2D eigenvalue weighted by molar-refractivity contribution is 7.13. The fourth-order valence-electron chi connectivity index (χ4n) is 2.62. The molecule has 3 heterocycles. The second kappa shape index (κ2) is 9.47. The van der Waals surface area contributed by atoms with Crippen molar-refractivity contribution in [3.05, 3.63) is 46.1 Å². The molecule has 1 N–H and O–H groups in total. The molecule has 0 atom stereocenters. The van der Waals surface area contributed by atoms with Crippen molar-refractivity contribution in [2.45, 2.75) is 0 Å². The predicted molar refractivity (Wildman–Crippen MR) is 108 cm³/mol. The molecule has 1 saturated heterocycles. The Balaban J connectivity index is 1.43. The summed E-state index contributed by atoms with van der Waals surface area (Å²) >= 11 is 2.68. The molecule has 0 saturated carbocycles. The van der Waals surface area contributed by atoms with Gasteiger partial charge in [0.05, 0.1) is 4.88 Å². The monoisotopic (exact) mass is 420 g/mol. The Hall–Kier alpha value is -2.72. The first kappa shape index (κ1) is 20.0. The number of esters is 1. The van der Waals surface area contributed by atoms with Crippen LogP contribution in [0.15, 0.2) is 35.5 Å². The zero-order valence-corrected chi connectivity index (χ0v) is 16.8. The van der Waals surface area contributed by atoms with Gasteiger partial charge < -0.3 is 19.9 Å². The highest BCUT2D eigenvalue weighted by atomic mass is 32.1. The second-order valence-corrected chi connectivity index (χ2v) is 7.74. The molecule has 3 rings (SSSR count). The summed E-state index contributed by atoms with van der Waals surface area (Å²) in [5.41, 5.74) is 0.163. The van der Waals surface area contributed by atoms with E-state index in [2.05, 4.69) is 16.9 Å². The highest BCUT2D eigenvalue weighted by Crippen LogP contribution is 2.16. The molecule has 1 aliphatic heterocycles. The van der Waals surface area contributed by atoms with Crippen molar-refractivity contribution >= 4 is 45.6 Å². The Kier molecular flexibility index (Phi) is 6.77. The van der Waals surface area contributed by atoms with Crippen LogP contribution in [-0.4, -0.2) is 71.9 Å². The topological polar surface area (TPSA) is 91.8 Å².